The van der Waals surface area contributed by atoms with E-state index in [-0.39, 0.29) is 6.29 Å². The van der Waals surface area contributed by atoms with E-state index in [0.717, 1.165) is 11.3 Å². The summed E-state index contributed by atoms with van der Waals surface area (Å²) < 4.78 is 12.7. The third-order valence-corrected chi connectivity index (χ3v) is 2.79. The maximum Gasteiger partial charge on any atom is 0.184 e. The van der Waals surface area contributed by atoms with Crippen LogP contribution in [-0.4, -0.2) is 23.0 Å². The number of hydrogen-bond acceptors (Lipinski definition) is 3. The average molecular weight is 251 g/mol. The summed E-state index contributed by atoms with van der Waals surface area (Å²) in [6.07, 6.45) is 3.28. The van der Waals surface area contributed by atoms with Gasteiger partial charge in [-0.05, 0) is 24.3 Å². The Morgan fingerprint density at radius 3 is 2.76 bits per heavy atom. The lowest BCUT2D eigenvalue weighted by atomic mass is 10.2. The number of halogens is 1. The average Bonchev–Trinajstić information content (AvgIpc) is 3.02. The van der Waals surface area contributed by atoms with Gasteiger partial charge in [0.1, 0.15) is 0 Å². The predicted molar refractivity (Wildman–Crippen MR) is 63.2 cm³/mol. The molecule has 1 aliphatic rings. The number of rotatable bonds is 2. The Kier molecular flexibility index (Phi) is 2.84. The highest BCUT2D eigenvalue weighted by Gasteiger charge is 2.19. The number of aromatic nitrogens is 2. The van der Waals surface area contributed by atoms with Crippen LogP contribution in [0, 0.1) is 0 Å². The molecule has 2 aromatic rings. The van der Waals surface area contributed by atoms with Gasteiger partial charge in [-0.15, -0.1) is 0 Å². The lowest BCUT2D eigenvalue weighted by molar-refractivity contribution is -0.0441. The largest absolute Gasteiger partial charge is 0.346 e. The van der Waals surface area contributed by atoms with Crippen molar-refractivity contribution in [2.24, 2.45) is 0 Å². The van der Waals surface area contributed by atoms with Crippen LogP contribution in [-0.2, 0) is 9.47 Å². The molecular weight excluding hydrogens is 240 g/mol. The topological polar surface area (TPSA) is 36.3 Å². The van der Waals surface area contributed by atoms with Crippen molar-refractivity contribution in [2.75, 3.05) is 13.2 Å². The molecule has 2 heterocycles. The van der Waals surface area contributed by atoms with Crippen LogP contribution in [0.25, 0.3) is 5.69 Å². The zero-order chi connectivity index (χ0) is 11.7. The van der Waals surface area contributed by atoms with E-state index in [2.05, 4.69) is 5.10 Å². The molecule has 0 spiro atoms. The number of benzene rings is 1. The van der Waals surface area contributed by atoms with E-state index in [1.54, 1.807) is 10.9 Å². The van der Waals surface area contributed by atoms with E-state index in [1.165, 1.54) is 0 Å². The molecule has 1 aromatic heterocycles. The van der Waals surface area contributed by atoms with Crippen molar-refractivity contribution < 1.29 is 9.47 Å². The smallest absolute Gasteiger partial charge is 0.184 e. The normalized spacial score (nSPS) is 16.5. The number of ether oxygens (including phenoxy) is 2. The van der Waals surface area contributed by atoms with Crippen molar-refractivity contribution in [1.82, 2.24) is 9.78 Å². The molecule has 88 valence electrons. The Morgan fingerprint density at radius 2 is 2.06 bits per heavy atom. The molecule has 3 rings (SSSR count). The van der Waals surface area contributed by atoms with Gasteiger partial charge in [0.25, 0.3) is 0 Å². The van der Waals surface area contributed by atoms with Gasteiger partial charge in [0.15, 0.2) is 6.29 Å². The van der Waals surface area contributed by atoms with Gasteiger partial charge < -0.3 is 9.47 Å². The second kappa shape index (κ2) is 4.49. The predicted octanol–water partition coefficient (Wildman–Crippen LogP) is 2.57. The molecule has 5 heteroatoms. The highest BCUT2D eigenvalue weighted by molar-refractivity contribution is 6.30. The molecule has 0 amide bonds. The van der Waals surface area contributed by atoms with Gasteiger partial charge in [0.2, 0.25) is 0 Å². The summed E-state index contributed by atoms with van der Waals surface area (Å²) in [5.74, 6) is 0. The maximum absolute atomic E-state index is 6.09. The zero-order valence-corrected chi connectivity index (χ0v) is 9.80. The van der Waals surface area contributed by atoms with E-state index >= 15 is 0 Å². The second-order valence-electron chi connectivity index (χ2n) is 3.77. The molecule has 0 atom stereocenters. The van der Waals surface area contributed by atoms with Gasteiger partial charge in [0.05, 0.1) is 18.9 Å². The van der Waals surface area contributed by atoms with E-state index in [4.69, 9.17) is 21.1 Å². The molecule has 4 nitrogen and oxygen atoms in total. The van der Waals surface area contributed by atoms with Crippen LogP contribution in [0.3, 0.4) is 0 Å². The first-order chi connectivity index (χ1) is 8.33. The van der Waals surface area contributed by atoms with Crippen LogP contribution in [0.2, 0.25) is 5.02 Å². The summed E-state index contributed by atoms with van der Waals surface area (Å²) in [7, 11) is 0. The first-order valence-electron chi connectivity index (χ1n) is 5.37. The van der Waals surface area contributed by atoms with Crippen molar-refractivity contribution in [2.45, 2.75) is 6.29 Å². The first-order valence-corrected chi connectivity index (χ1v) is 5.74. The van der Waals surface area contributed by atoms with Crippen molar-refractivity contribution in [3.63, 3.8) is 0 Å². The van der Waals surface area contributed by atoms with Crippen molar-refractivity contribution in [1.29, 1.82) is 0 Å². The Morgan fingerprint density at radius 1 is 1.24 bits per heavy atom. The zero-order valence-electron chi connectivity index (χ0n) is 9.04. The molecule has 0 bridgehead atoms. The minimum atomic E-state index is -0.317. The fraction of sp³-hybridized carbons (Fsp3) is 0.250. The molecular formula is C12H11ClN2O2. The second-order valence-corrected chi connectivity index (χ2v) is 4.20. The molecule has 17 heavy (non-hydrogen) atoms. The Hall–Kier alpha value is -1.36. The molecule has 1 aliphatic heterocycles. The molecule has 0 N–H and O–H groups in total. The highest BCUT2D eigenvalue weighted by atomic mass is 35.5. The maximum atomic E-state index is 6.09. The summed E-state index contributed by atoms with van der Waals surface area (Å²) in [4.78, 5) is 0. The molecule has 0 aliphatic carbocycles. The summed E-state index contributed by atoms with van der Waals surface area (Å²) in [6.45, 7) is 1.24. The fourth-order valence-corrected chi connectivity index (χ4v) is 2.07. The van der Waals surface area contributed by atoms with Crippen molar-refractivity contribution in [3.8, 4) is 5.69 Å². The monoisotopic (exact) mass is 250 g/mol. The molecule has 1 saturated heterocycles. The first kappa shape index (κ1) is 10.8. The van der Waals surface area contributed by atoms with Gasteiger partial charge in [-0.1, -0.05) is 11.6 Å². The summed E-state index contributed by atoms with van der Waals surface area (Å²) >= 11 is 6.09. The molecule has 0 saturated carbocycles. The van der Waals surface area contributed by atoms with Crippen LogP contribution in [0.4, 0.5) is 0 Å². The van der Waals surface area contributed by atoms with E-state index in [1.807, 2.05) is 30.5 Å². The molecule has 0 radical (unpaired) electrons. The van der Waals surface area contributed by atoms with Crippen LogP contribution >= 0.6 is 11.6 Å². The van der Waals surface area contributed by atoms with Crippen LogP contribution in [0.5, 0.6) is 0 Å². The Bertz CT molecular complexity index is 507. The minimum Gasteiger partial charge on any atom is -0.346 e. The fourth-order valence-electron chi connectivity index (χ4n) is 1.84. The van der Waals surface area contributed by atoms with Crippen LogP contribution < -0.4 is 0 Å². The standard InChI is InChI=1S/C12H11ClN2O2/c13-10-6-9(12-16-4-5-17-12)7-11(8-10)15-3-1-2-14-15/h1-3,6-8,12H,4-5H2. The van der Waals surface area contributed by atoms with Crippen molar-refractivity contribution in [3.05, 3.63) is 47.2 Å². The van der Waals surface area contributed by atoms with Crippen LogP contribution in [0.15, 0.2) is 36.7 Å². The van der Waals surface area contributed by atoms with Gasteiger partial charge in [0, 0.05) is 23.0 Å². The number of hydrogen-bond donors (Lipinski definition) is 0. The highest BCUT2D eigenvalue weighted by Crippen LogP contribution is 2.27. The third-order valence-electron chi connectivity index (χ3n) is 2.57. The summed E-state index contributed by atoms with van der Waals surface area (Å²) in [5.41, 5.74) is 1.82. The summed E-state index contributed by atoms with van der Waals surface area (Å²) in [6, 6.07) is 7.54. The van der Waals surface area contributed by atoms with E-state index in [0.29, 0.717) is 18.2 Å². The molecule has 0 unspecified atom stereocenters. The summed E-state index contributed by atoms with van der Waals surface area (Å²) in [5, 5.41) is 4.82. The molecule has 1 fully saturated rings. The van der Waals surface area contributed by atoms with E-state index in [9.17, 15) is 0 Å². The Balaban J connectivity index is 2.00. The van der Waals surface area contributed by atoms with Gasteiger partial charge in [-0.25, -0.2) is 4.68 Å². The minimum absolute atomic E-state index is 0.317. The van der Waals surface area contributed by atoms with Gasteiger partial charge >= 0.3 is 0 Å². The van der Waals surface area contributed by atoms with Crippen LogP contribution in [0.1, 0.15) is 11.9 Å². The molecule has 1 aromatic carbocycles. The SMILES string of the molecule is Clc1cc(C2OCCO2)cc(-n2cccn2)c1. The van der Waals surface area contributed by atoms with E-state index < -0.39 is 0 Å². The Labute approximate surface area is 104 Å². The quantitative estimate of drug-likeness (QED) is 0.822. The third kappa shape index (κ3) is 2.20. The lowest BCUT2D eigenvalue weighted by Gasteiger charge is -2.11. The number of nitrogens with zero attached hydrogens (tertiary/aromatic N) is 2. The van der Waals surface area contributed by atoms with Gasteiger partial charge in [-0.2, -0.15) is 5.10 Å². The van der Waals surface area contributed by atoms with Gasteiger partial charge in [-0.3, -0.25) is 0 Å². The van der Waals surface area contributed by atoms with Crippen molar-refractivity contribution >= 4 is 11.6 Å². The lowest BCUT2D eigenvalue weighted by Crippen LogP contribution is -2.01.